The highest BCUT2D eigenvalue weighted by Gasteiger charge is 2.19. The molecule has 0 spiro atoms. The molecule has 0 radical (unpaired) electrons. The number of carbonyl (C=O) groups excluding carboxylic acids is 1. The number of benzene rings is 2. The lowest BCUT2D eigenvalue weighted by atomic mass is 10.2. The molecule has 0 atom stereocenters. The fourth-order valence-corrected chi connectivity index (χ4v) is 3.73. The molecule has 1 amide bonds. The predicted molar refractivity (Wildman–Crippen MR) is 118 cm³/mol. The SMILES string of the molecule is COc1cc(OC)c(NC(=O)CN2CCCN(c3ccc(C#N)cc3)CC2)cc1Cl. The van der Waals surface area contributed by atoms with E-state index in [0.29, 0.717) is 27.8 Å². The van der Waals surface area contributed by atoms with E-state index in [-0.39, 0.29) is 12.5 Å². The number of ether oxygens (including phenoxy) is 2. The van der Waals surface area contributed by atoms with Crippen molar-refractivity contribution in [3.63, 3.8) is 0 Å². The molecule has 0 bridgehead atoms. The van der Waals surface area contributed by atoms with E-state index in [0.717, 1.165) is 38.3 Å². The van der Waals surface area contributed by atoms with Crippen molar-refractivity contribution in [3.8, 4) is 17.6 Å². The molecule has 30 heavy (non-hydrogen) atoms. The fourth-order valence-electron chi connectivity index (χ4n) is 3.48. The van der Waals surface area contributed by atoms with Crippen molar-refractivity contribution in [1.29, 1.82) is 5.26 Å². The number of nitrogens with zero attached hydrogens (tertiary/aromatic N) is 3. The van der Waals surface area contributed by atoms with Gasteiger partial charge in [-0.1, -0.05) is 11.6 Å². The Balaban J connectivity index is 1.58. The third-order valence-corrected chi connectivity index (χ3v) is 5.36. The van der Waals surface area contributed by atoms with Crippen LogP contribution in [-0.4, -0.2) is 57.8 Å². The molecule has 0 aliphatic carbocycles. The molecular weight excluding hydrogens is 404 g/mol. The Kier molecular flexibility index (Phi) is 7.39. The summed E-state index contributed by atoms with van der Waals surface area (Å²) in [5, 5.41) is 12.2. The van der Waals surface area contributed by atoms with Crippen LogP contribution in [-0.2, 0) is 4.79 Å². The van der Waals surface area contributed by atoms with Gasteiger partial charge < -0.3 is 19.7 Å². The second-order valence-corrected chi connectivity index (χ2v) is 7.42. The topological polar surface area (TPSA) is 77.8 Å². The van der Waals surface area contributed by atoms with Gasteiger partial charge in [0.15, 0.2) is 0 Å². The molecule has 1 aliphatic heterocycles. The van der Waals surface area contributed by atoms with Crippen molar-refractivity contribution in [2.75, 3.05) is 57.2 Å². The highest BCUT2D eigenvalue weighted by molar-refractivity contribution is 6.32. The van der Waals surface area contributed by atoms with E-state index in [2.05, 4.69) is 21.2 Å². The number of halogens is 1. The van der Waals surface area contributed by atoms with Crippen molar-refractivity contribution in [3.05, 3.63) is 47.0 Å². The molecule has 1 fully saturated rings. The molecule has 158 valence electrons. The maximum absolute atomic E-state index is 12.6. The van der Waals surface area contributed by atoms with Gasteiger partial charge in [0.25, 0.3) is 0 Å². The molecular formula is C22H25ClN4O3. The first-order chi connectivity index (χ1) is 14.5. The van der Waals surface area contributed by atoms with Crippen LogP contribution in [0.5, 0.6) is 11.5 Å². The van der Waals surface area contributed by atoms with Gasteiger partial charge in [-0.15, -0.1) is 0 Å². The van der Waals surface area contributed by atoms with E-state index in [1.54, 1.807) is 12.1 Å². The summed E-state index contributed by atoms with van der Waals surface area (Å²) in [4.78, 5) is 17.0. The standard InChI is InChI=1S/C22H25ClN4O3/c1-29-20-13-21(30-2)19(12-18(20)23)25-22(28)15-26-8-3-9-27(11-10-26)17-6-4-16(14-24)5-7-17/h4-7,12-13H,3,8-11,15H2,1-2H3,(H,25,28). The molecule has 2 aromatic rings. The van der Waals surface area contributed by atoms with Crippen LogP contribution in [0.4, 0.5) is 11.4 Å². The lowest BCUT2D eigenvalue weighted by Crippen LogP contribution is -2.36. The zero-order chi connectivity index (χ0) is 21.5. The Morgan fingerprint density at radius 2 is 1.83 bits per heavy atom. The second kappa shape index (κ2) is 10.2. The van der Waals surface area contributed by atoms with E-state index in [9.17, 15) is 4.79 Å². The van der Waals surface area contributed by atoms with Crippen molar-refractivity contribution >= 4 is 28.9 Å². The molecule has 1 N–H and O–H groups in total. The van der Waals surface area contributed by atoms with Crippen LogP contribution in [0.25, 0.3) is 0 Å². The molecule has 7 nitrogen and oxygen atoms in total. The zero-order valence-electron chi connectivity index (χ0n) is 17.2. The van der Waals surface area contributed by atoms with Crippen LogP contribution in [0, 0.1) is 11.3 Å². The number of amides is 1. The summed E-state index contributed by atoms with van der Waals surface area (Å²) in [5.41, 5.74) is 2.26. The van der Waals surface area contributed by atoms with Gasteiger partial charge in [0.1, 0.15) is 11.5 Å². The Bertz CT molecular complexity index is 927. The molecule has 8 heteroatoms. The Morgan fingerprint density at radius 1 is 1.10 bits per heavy atom. The number of hydrogen-bond donors (Lipinski definition) is 1. The fraction of sp³-hybridized carbons (Fsp3) is 0.364. The van der Waals surface area contributed by atoms with Crippen LogP contribution in [0.1, 0.15) is 12.0 Å². The van der Waals surface area contributed by atoms with E-state index in [1.807, 2.05) is 24.3 Å². The first-order valence-electron chi connectivity index (χ1n) is 9.73. The average molecular weight is 429 g/mol. The quantitative estimate of drug-likeness (QED) is 0.760. The first-order valence-corrected chi connectivity index (χ1v) is 10.1. The maximum Gasteiger partial charge on any atom is 0.238 e. The Hall–Kier alpha value is -2.95. The van der Waals surface area contributed by atoms with Gasteiger partial charge in [0.2, 0.25) is 5.91 Å². The summed E-state index contributed by atoms with van der Waals surface area (Å²) in [6.07, 6.45) is 0.949. The van der Waals surface area contributed by atoms with Gasteiger partial charge >= 0.3 is 0 Å². The summed E-state index contributed by atoms with van der Waals surface area (Å²) in [6.45, 7) is 3.62. The first kappa shape index (κ1) is 21.8. The van der Waals surface area contributed by atoms with E-state index >= 15 is 0 Å². The highest BCUT2D eigenvalue weighted by Crippen LogP contribution is 2.35. The minimum Gasteiger partial charge on any atom is -0.495 e. The smallest absolute Gasteiger partial charge is 0.238 e. The second-order valence-electron chi connectivity index (χ2n) is 7.01. The van der Waals surface area contributed by atoms with Crippen LogP contribution in [0.3, 0.4) is 0 Å². The number of carbonyl (C=O) groups is 1. The van der Waals surface area contributed by atoms with Gasteiger partial charge in [0.05, 0.1) is 43.1 Å². The number of methoxy groups -OCH3 is 2. The molecule has 2 aromatic carbocycles. The average Bonchev–Trinajstić information content (AvgIpc) is 2.99. The van der Waals surface area contributed by atoms with Crippen LogP contribution in [0.15, 0.2) is 36.4 Å². The lowest BCUT2D eigenvalue weighted by molar-refractivity contribution is -0.117. The predicted octanol–water partition coefficient (Wildman–Crippen LogP) is 3.38. The molecule has 3 rings (SSSR count). The van der Waals surface area contributed by atoms with E-state index in [1.165, 1.54) is 14.2 Å². The molecule has 0 unspecified atom stereocenters. The highest BCUT2D eigenvalue weighted by atomic mass is 35.5. The van der Waals surface area contributed by atoms with E-state index in [4.69, 9.17) is 26.3 Å². The third-order valence-electron chi connectivity index (χ3n) is 5.07. The summed E-state index contributed by atoms with van der Waals surface area (Å²) < 4.78 is 10.5. The number of anilines is 2. The third kappa shape index (κ3) is 5.35. The minimum atomic E-state index is -0.124. The van der Waals surface area contributed by atoms with Crippen molar-refractivity contribution < 1.29 is 14.3 Å². The van der Waals surface area contributed by atoms with Gasteiger partial charge in [-0.3, -0.25) is 9.69 Å². The van der Waals surface area contributed by atoms with Crippen LogP contribution >= 0.6 is 11.6 Å². The van der Waals surface area contributed by atoms with Crippen molar-refractivity contribution in [2.45, 2.75) is 6.42 Å². The van der Waals surface area contributed by atoms with Crippen molar-refractivity contribution in [2.24, 2.45) is 0 Å². The minimum absolute atomic E-state index is 0.124. The van der Waals surface area contributed by atoms with Gasteiger partial charge in [0, 0.05) is 37.9 Å². The Morgan fingerprint density at radius 3 is 2.50 bits per heavy atom. The van der Waals surface area contributed by atoms with Crippen molar-refractivity contribution in [1.82, 2.24) is 4.90 Å². The van der Waals surface area contributed by atoms with Crippen LogP contribution in [0.2, 0.25) is 5.02 Å². The maximum atomic E-state index is 12.6. The zero-order valence-corrected chi connectivity index (χ0v) is 17.9. The number of rotatable bonds is 6. The summed E-state index contributed by atoms with van der Waals surface area (Å²) in [5.74, 6) is 0.857. The summed E-state index contributed by atoms with van der Waals surface area (Å²) in [6, 6.07) is 13.0. The number of nitriles is 1. The van der Waals surface area contributed by atoms with Gasteiger partial charge in [-0.2, -0.15) is 5.26 Å². The molecule has 1 heterocycles. The Labute approximate surface area is 181 Å². The normalized spacial score (nSPS) is 14.5. The number of hydrogen-bond acceptors (Lipinski definition) is 6. The summed E-state index contributed by atoms with van der Waals surface area (Å²) >= 11 is 6.18. The molecule has 1 saturated heterocycles. The molecule has 0 saturated carbocycles. The lowest BCUT2D eigenvalue weighted by Gasteiger charge is -2.23. The monoisotopic (exact) mass is 428 g/mol. The van der Waals surface area contributed by atoms with Gasteiger partial charge in [-0.25, -0.2) is 0 Å². The van der Waals surface area contributed by atoms with Crippen LogP contribution < -0.4 is 19.7 Å². The molecule has 0 aromatic heterocycles. The van der Waals surface area contributed by atoms with Gasteiger partial charge in [-0.05, 0) is 36.8 Å². The summed E-state index contributed by atoms with van der Waals surface area (Å²) in [7, 11) is 3.06. The molecule has 1 aliphatic rings. The largest absolute Gasteiger partial charge is 0.495 e. The number of nitrogens with one attached hydrogen (secondary N) is 1. The van der Waals surface area contributed by atoms with E-state index < -0.39 is 0 Å².